The Bertz CT molecular complexity index is 1400. The molecule has 32 heavy (non-hydrogen) atoms. The van der Waals surface area contributed by atoms with E-state index in [-0.39, 0.29) is 18.1 Å². The normalized spacial score (nSPS) is 10.7. The van der Waals surface area contributed by atoms with Gasteiger partial charge in [-0.05, 0) is 50.6 Å². The number of esters is 1. The van der Waals surface area contributed by atoms with Crippen molar-refractivity contribution in [2.75, 3.05) is 11.9 Å². The minimum atomic E-state index is -0.503. The molecular formula is C24H19N3O3S2. The lowest BCUT2D eigenvalue weighted by molar-refractivity contribution is 0.0531. The fourth-order valence-electron chi connectivity index (χ4n) is 3.36. The lowest BCUT2D eigenvalue weighted by Crippen LogP contribution is -2.13. The summed E-state index contributed by atoms with van der Waals surface area (Å²) in [5.41, 5.74) is 2.63. The Kier molecular flexibility index (Phi) is 6.04. The van der Waals surface area contributed by atoms with Gasteiger partial charge in [0.05, 0.1) is 33.8 Å². The van der Waals surface area contributed by atoms with Crippen LogP contribution in [0.3, 0.4) is 0 Å². The van der Waals surface area contributed by atoms with Crippen molar-refractivity contribution in [1.29, 1.82) is 5.26 Å². The third kappa shape index (κ3) is 4.00. The number of nitrogens with one attached hydrogen (secondary N) is 1. The molecular weight excluding hydrogens is 442 g/mol. The molecule has 4 rings (SSSR count). The molecule has 4 aromatic rings. The van der Waals surface area contributed by atoms with Gasteiger partial charge in [-0.3, -0.25) is 4.79 Å². The van der Waals surface area contributed by atoms with Gasteiger partial charge in [0, 0.05) is 10.3 Å². The number of fused-ring (bicyclic) bond motifs is 1. The number of aryl methyl sites for hydroxylation is 1. The number of amides is 1. The molecule has 6 nitrogen and oxygen atoms in total. The Morgan fingerprint density at radius 3 is 2.62 bits per heavy atom. The predicted octanol–water partition coefficient (Wildman–Crippen LogP) is 5.94. The van der Waals surface area contributed by atoms with Crippen molar-refractivity contribution in [3.05, 3.63) is 68.9 Å². The molecule has 1 aromatic carbocycles. The van der Waals surface area contributed by atoms with Crippen molar-refractivity contribution in [2.45, 2.75) is 20.8 Å². The Labute approximate surface area is 193 Å². The summed E-state index contributed by atoms with van der Waals surface area (Å²) in [6.07, 6.45) is 0. The Hall–Kier alpha value is -3.54. The number of thiophene rings is 2. The van der Waals surface area contributed by atoms with Gasteiger partial charge >= 0.3 is 5.97 Å². The summed E-state index contributed by atoms with van der Waals surface area (Å²) >= 11 is 2.65. The van der Waals surface area contributed by atoms with Crippen LogP contribution in [-0.4, -0.2) is 23.5 Å². The van der Waals surface area contributed by atoms with Crippen LogP contribution in [0.15, 0.2) is 42.5 Å². The molecule has 160 valence electrons. The smallest absolute Gasteiger partial charge is 0.348 e. The highest BCUT2D eigenvalue weighted by atomic mass is 32.1. The van der Waals surface area contributed by atoms with E-state index >= 15 is 0 Å². The van der Waals surface area contributed by atoms with E-state index in [4.69, 9.17) is 9.72 Å². The monoisotopic (exact) mass is 461 g/mol. The molecule has 0 aliphatic carbocycles. The molecule has 1 N–H and O–H groups in total. The maximum Gasteiger partial charge on any atom is 0.348 e. The number of nitriles is 1. The maximum atomic E-state index is 13.3. The molecule has 0 radical (unpaired) electrons. The second-order valence-electron chi connectivity index (χ2n) is 7.03. The summed E-state index contributed by atoms with van der Waals surface area (Å²) in [7, 11) is 0. The third-order valence-electron chi connectivity index (χ3n) is 4.90. The molecule has 0 fully saturated rings. The van der Waals surface area contributed by atoms with Gasteiger partial charge in [0.15, 0.2) is 0 Å². The molecule has 0 atom stereocenters. The number of carbonyl (C=O) groups excluding carboxylic acids is 2. The van der Waals surface area contributed by atoms with Crippen molar-refractivity contribution < 1.29 is 14.3 Å². The number of aromatic nitrogens is 1. The molecule has 0 aliphatic heterocycles. The van der Waals surface area contributed by atoms with Crippen LogP contribution in [-0.2, 0) is 4.74 Å². The fraction of sp³-hybridized carbons (Fsp3) is 0.167. The molecule has 3 heterocycles. The van der Waals surface area contributed by atoms with Crippen LogP contribution in [0.1, 0.15) is 43.0 Å². The van der Waals surface area contributed by atoms with Gasteiger partial charge in [-0.1, -0.05) is 18.2 Å². The summed E-state index contributed by atoms with van der Waals surface area (Å²) < 4.78 is 5.08. The van der Waals surface area contributed by atoms with Crippen LogP contribution in [0.2, 0.25) is 0 Å². The first-order chi connectivity index (χ1) is 15.4. The predicted molar refractivity (Wildman–Crippen MR) is 127 cm³/mol. The van der Waals surface area contributed by atoms with Gasteiger partial charge in [0.2, 0.25) is 0 Å². The molecule has 0 aliphatic rings. The van der Waals surface area contributed by atoms with Crippen LogP contribution < -0.4 is 5.32 Å². The van der Waals surface area contributed by atoms with E-state index in [1.54, 1.807) is 31.3 Å². The second kappa shape index (κ2) is 8.91. The number of hydrogen-bond acceptors (Lipinski definition) is 7. The Balaban J connectivity index is 1.77. The zero-order valence-electron chi connectivity index (χ0n) is 17.7. The lowest BCUT2D eigenvalue weighted by Gasteiger charge is -2.09. The highest BCUT2D eigenvalue weighted by Gasteiger charge is 2.23. The van der Waals surface area contributed by atoms with E-state index in [0.29, 0.717) is 37.6 Å². The summed E-state index contributed by atoms with van der Waals surface area (Å²) in [6.45, 7) is 5.65. The average molecular weight is 462 g/mol. The van der Waals surface area contributed by atoms with Crippen molar-refractivity contribution in [3.8, 4) is 16.6 Å². The Morgan fingerprint density at radius 2 is 1.94 bits per heavy atom. The number of hydrogen-bond donors (Lipinski definition) is 1. The van der Waals surface area contributed by atoms with Gasteiger partial charge in [0.25, 0.3) is 5.91 Å². The average Bonchev–Trinajstić information content (AvgIpc) is 3.35. The number of anilines is 1. The van der Waals surface area contributed by atoms with Crippen LogP contribution >= 0.6 is 22.7 Å². The third-order valence-corrected chi connectivity index (χ3v) is 7.11. The van der Waals surface area contributed by atoms with Crippen molar-refractivity contribution in [1.82, 2.24) is 4.98 Å². The standard InChI is InChI=1S/C24H19N3O3S2/c1-4-30-24(29)21-14(3)17(12-25)23(32-21)27-22(28)16-11-19(20-10-9-13(2)31-20)26-18-8-6-5-7-15(16)18/h5-11H,4H2,1-3H3,(H,27,28). The molecule has 1 amide bonds. The summed E-state index contributed by atoms with van der Waals surface area (Å²) in [5.74, 6) is -0.872. The SMILES string of the molecule is CCOC(=O)c1sc(NC(=O)c2cc(-c3ccc(C)s3)nc3ccccc23)c(C#N)c1C. The van der Waals surface area contributed by atoms with Gasteiger partial charge in [-0.25, -0.2) is 9.78 Å². The number of para-hydroxylation sites is 1. The first kappa shape index (κ1) is 21.7. The number of rotatable bonds is 5. The first-order valence-corrected chi connectivity index (χ1v) is 11.5. The van der Waals surface area contributed by atoms with E-state index in [1.165, 1.54) is 0 Å². The largest absolute Gasteiger partial charge is 0.462 e. The van der Waals surface area contributed by atoms with Crippen molar-refractivity contribution >= 4 is 50.5 Å². The molecule has 0 bridgehead atoms. The molecule has 0 saturated carbocycles. The fourth-order valence-corrected chi connectivity index (χ4v) is 5.23. The Morgan fingerprint density at radius 1 is 1.16 bits per heavy atom. The first-order valence-electron chi connectivity index (χ1n) is 9.91. The zero-order valence-corrected chi connectivity index (χ0v) is 19.3. The number of nitrogens with zero attached hydrogens (tertiary/aromatic N) is 2. The highest BCUT2D eigenvalue weighted by molar-refractivity contribution is 7.18. The van der Waals surface area contributed by atoms with Crippen molar-refractivity contribution in [2.24, 2.45) is 0 Å². The van der Waals surface area contributed by atoms with Crippen LogP contribution in [0, 0.1) is 25.2 Å². The van der Waals surface area contributed by atoms with E-state index in [1.807, 2.05) is 43.3 Å². The summed E-state index contributed by atoms with van der Waals surface area (Å²) in [5, 5.41) is 13.5. The lowest BCUT2D eigenvalue weighted by atomic mass is 10.1. The molecule has 0 saturated heterocycles. The summed E-state index contributed by atoms with van der Waals surface area (Å²) in [6, 6.07) is 15.3. The molecule has 0 unspecified atom stereocenters. The number of carbonyl (C=O) groups is 2. The van der Waals surface area contributed by atoms with Crippen LogP contribution in [0.25, 0.3) is 21.5 Å². The van der Waals surface area contributed by atoms with Gasteiger partial charge < -0.3 is 10.1 Å². The number of benzene rings is 1. The minimum absolute atomic E-state index is 0.230. The molecule has 3 aromatic heterocycles. The molecule has 0 spiro atoms. The van der Waals surface area contributed by atoms with Gasteiger partial charge in [-0.2, -0.15) is 5.26 Å². The summed E-state index contributed by atoms with van der Waals surface area (Å²) in [4.78, 5) is 32.7. The van der Waals surface area contributed by atoms with Crippen molar-refractivity contribution in [3.63, 3.8) is 0 Å². The van der Waals surface area contributed by atoms with E-state index < -0.39 is 5.97 Å². The van der Waals surface area contributed by atoms with Crippen LogP contribution in [0.4, 0.5) is 5.00 Å². The quantitative estimate of drug-likeness (QED) is 0.371. The zero-order chi connectivity index (χ0) is 22.8. The number of ether oxygens (including phenoxy) is 1. The molecule has 8 heteroatoms. The van der Waals surface area contributed by atoms with E-state index in [9.17, 15) is 14.9 Å². The minimum Gasteiger partial charge on any atom is -0.462 e. The topological polar surface area (TPSA) is 92.1 Å². The highest BCUT2D eigenvalue weighted by Crippen LogP contribution is 2.35. The van der Waals surface area contributed by atoms with Crippen LogP contribution in [0.5, 0.6) is 0 Å². The van der Waals surface area contributed by atoms with E-state index in [2.05, 4.69) is 11.4 Å². The maximum absolute atomic E-state index is 13.3. The van der Waals surface area contributed by atoms with Gasteiger partial charge in [0.1, 0.15) is 15.9 Å². The van der Waals surface area contributed by atoms with E-state index in [0.717, 1.165) is 21.1 Å². The second-order valence-corrected chi connectivity index (χ2v) is 9.34. The van der Waals surface area contributed by atoms with Gasteiger partial charge in [-0.15, -0.1) is 22.7 Å². The number of pyridine rings is 1.